The second-order valence-corrected chi connectivity index (χ2v) is 7.91. The zero-order valence-corrected chi connectivity index (χ0v) is 20.4. The van der Waals surface area contributed by atoms with E-state index >= 15 is 0 Å². The Morgan fingerprint density at radius 3 is 2.42 bits per heavy atom. The second kappa shape index (κ2) is 11.2. The molecule has 4 rings (SSSR count). The molecule has 4 aromatic rings. The van der Waals surface area contributed by atoms with Gasteiger partial charge in [0.2, 0.25) is 5.91 Å². The zero-order valence-electron chi connectivity index (χ0n) is 20.4. The van der Waals surface area contributed by atoms with E-state index in [9.17, 15) is 9.59 Å². The van der Waals surface area contributed by atoms with E-state index < -0.39 is 0 Å². The molecule has 0 aliphatic rings. The van der Waals surface area contributed by atoms with Gasteiger partial charge < -0.3 is 24.1 Å². The number of carbonyl (C=O) groups is 1. The number of carbonyl (C=O) groups excluding carboxylic acids is 1. The molecular formula is C28H27N3O5. The van der Waals surface area contributed by atoms with Crippen LogP contribution in [-0.2, 0) is 11.3 Å². The molecule has 0 radical (unpaired) electrons. The van der Waals surface area contributed by atoms with E-state index in [2.05, 4.69) is 9.97 Å². The fourth-order valence-corrected chi connectivity index (χ4v) is 3.69. The summed E-state index contributed by atoms with van der Waals surface area (Å²) in [4.78, 5) is 34.5. The molecule has 0 saturated carbocycles. The number of rotatable bonds is 9. The summed E-state index contributed by atoms with van der Waals surface area (Å²) in [5.41, 5.74) is 0.969. The molecule has 0 saturated heterocycles. The number of nitrogens with zero attached hydrogens (tertiary/aromatic N) is 2. The lowest BCUT2D eigenvalue weighted by molar-refractivity contribution is -0.126. The van der Waals surface area contributed by atoms with Crippen LogP contribution >= 0.6 is 0 Å². The average molecular weight is 486 g/mol. The molecule has 8 heteroatoms. The molecule has 1 heterocycles. The first-order chi connectivity index (χ1) is 17.5. The first-order valence-corrected chi connectivity index (χ1v) is 11.5. The molecule has 0 fully saturated rings. The van der Waals surface area contributed by atoms with Crippen LogP contribution < -0.4 is 19.8 Å². The largest absolute Gasteiger partial charge is 0.493 e. The van der Waals surface area contributed by atoms with Gasteiger partial charge in [0.25, 0.3) is 5.56 Å². The van der Waals surface area contributed by atoms with Crippen molar-refractivity contribution in [2.45, 2.75) is 13.5 Å². The fraction of sp³-hybridized carbons (Fsp3) is 0.179. The standard InChI is InChI=1S/C28H27N3O5/c1-4-31(18-26-29-23-17-25(35-3)24(34-2)16-22(23)28(33)30-26)27(32)14-13-19-9-8-12-21(15-19)36-20-10-6-5-7-11-20/h5-17H,4,18H2,1-3H3,(H,29,30,33)/b14-13+. The molecular weight excluding hydrogens is 458 g/mol. The summed E-state index contributed by atoms with van der Waals surface area (Å²) < 4.78 is 16.5. The van der Waals surface area contributed by atoms with Gasteiger partial charge in [-0.2, -0.15) is 0 Å². The first kappa shape index (κ1) is 24.5. The molecule has 36 heavy (non-hydrogen) atoms. The van der Waals surface area contributed by atoms with Crippen LogP contribution in [0.15, 0.2) is 77.6 Å². The second-order valence-electron chi connectivity index (χ2n) is 7.91. The third-order valence-electron chi connectivity index (χ3n) is 5.55. The summed E-state index contributed by atoms with van der Waals surface area (Å²) in [6.45, 7) is 2.46. The smallest absolute Gasteiger partial charge is 0.258 e. The quantitative estimate of drug-likeness (QED) is 0.343. The van der Waals surface area contributed by atoms with Gasteiger partial charge in [-0.1, -0.05) is 30.3 Å². The number of likely N-dealkylation sites (N-methyl/N-ethyl adjacent to an activating group) is 1. The maximum Gasteiger partial charge on any atom is 0.258 e. The number of benzene rings is 3. The molecule has 0 aliphatic heterocycles. The van der Waals surface area contributed by atoms with Crippen molar-refractivity contribution in [2.75, 3.05) is 20.8 Å². The van der Waals surface area contributed by atoms with Gasteiger partial charge >= 0.3 is 0 Å². The van der Waals surface area contributed by atoms with Crippen molar-refractivity contribution in [1.82, 2.24) is 14.9 Å². The van der Waals surface area contributed by atoms with Gasteiger partial charge in [0.05, 0.1) is 31.7 Å². The van der Waals surface area contributed by atoms with E-state index in [0.717, 1.165) is 11.3 Å². The van der Waals surface area contributed by atoms with Crippen LogP contribution in [0.5, 0.6) is 23.0 Å². The number of amides is 1. The third kappa shape index (κ3) is 5.72. The zero-order chi connectivity index (χ0) is 25.5. The Kier molecular flexibility index (Phi) is 7.65. The number of aromatic amines is 1. The van der Waals surface area contributed by atoms with E-state index in [4.69, 9.17) is 14.2 Å². The highest BCUT2D eigenvalue weighted by Crippen LogP contribution is 2.30. The van der Waals surface area contributed by atoms with Crippen LogP contribution in [0.4, 0.5) is 0 Å². The molecule has 3 aromatic carbocycles. The summed E-state index contributed by atoms with van der Waals surface area (Å²) in [7, 11) is 3.02. The molecule has 0 bridgehead atoms. The minimum Gasteiger partial charge on any atom is -0.493 e. The van der Waals surface area contributed by atoms with Crippen molar-refractivity contribution in [2.24, 2.45) is 0 Å². The highest BCUT2D eigenvalue weighted by atomic mass is 16.5. The van der Waals surface area contributed by atoms with E-state index in [-0.39, 0.29) is 18.0 Å². The Morgan fingerprint density at radius 1 is 0.972 bits per heavy atom. The lowest BCUT2D eigenvalue weighted by Gasteiger charge is -2.18. The molecule has 0 atom stereocenters. The summed E-state index contributed by atoms with van der Waals surface area (Å²) >= 11 is 0. The SMILES string of the molecule is CCN(Cc1nc2cc(OC)c(OC)cc2c(=O)[nH]1)C(=O)/C=C/c1cccc(Oc2ccccc2)c1. The number of para-hydroxylation sites is 1. The number of aromatic nitrogens is 2. The van der Waals surface area contributed by atoms with Crippen LogP contribution in [0.2, 0.25) is 0 Å². The van der Waals surface area contributed by atoms with Gasteiger partial charge in [0, 0.05) is 18.7 Å². The molecule has 0 aliphatic carbocycles. The van der Waals surface area contributed by atoms with Crippen molar-refractivity contribution >= 4 is 22.9 Å². The Labute approximate surface area is 208 Å². The number of H-pyrrole nitrogens is 1. The predicted molar refractivity (Wildman–Crippen MR) is 139 cm³/mol. The van der Waals surface area contributed by atoms with E-state index in [0.29, 0.717) is 40.5 Å². The Hall–Kier alpha value is -4.59. The number of ether oxygens (including phenoxy) is 3. The first-order valence-electron chi connectivity index (χ1n) is 11.5. The Balaban J connectivity index is 1.50. The number of methoxy groups -OCH3 is 2. The normalized spacial score (nSPS) is 11.0. The van der Waals surface area contributed by atoms with E-state index in [1.807, 2.05) is 61.5 Å². The van der Waals surface area contributed by atoms with Gasteiger partial charge in [-0.05, 0) is 48.9 Å². The van der Waals surface area contributed by atoms with Gasteiger partial charge in [-0.15, -0.1) is 0 Å². The number of nitrogens with one attached hydrogen (secondary N) is 1. The molecule has 184 valence electrons. The highest BCUT2D eigenvalue weighted by Gasteiger charge is 2.14. The van der Waals surface area contributed by atoms with Gasteiger partial charge in [0.15, 0.2) is 11.5 Å². The molecule has 0 unspecified atom stereocenters. The van der Waals surface area contributed by atoms with Crippen LogP contribution in [-0.4, -0.2) is 41.5 Å². The van der Waals surface area contributed by atoms with Crippen LogP contribution in [0.1, 0.15) is 18.3 Å². The summed E-state index contributed by atoms with van der Waals surface area (Å²) in [6, 6.07) is 20.2. The number of hydrogen-bond donors (Lipinski definition) is 1. The maximum absolute atomic E-state index is 12.9. The summed E-state index contributed by atoms with van der Waals surface area (Å²) in [5.74, 6) is 2.49. The van der Waals surface area contributed by atoms with Crippen molar-refractivity contribution in [3.05, 3.63) is 94.5 Å². The Morgan fingerprint density at radius 2 is 1.69 bits per heavy atom. The minimum absolute atomic E-state index is 0.149. The van der Waals surface area contributed by atoms with Gasteiger partial charge in [-0.3, -0.25) is 9.59 Å². The monoisotopic (exact) mass is 485 g/mol. The average Bonchev–Trinajstić information content (AvgIpc) is 2.90. The van der Waals surface area contributed by atoms with E-state index in [1.165, 1.54) is 20.3 Å². The predicted octanol–water partition coefficient (Wildman–Crippen LogP) is 4.79. The topological polar surface area (TPSA) is 93.8 Å². The molecule has 1 aromatic heterocycles. The van der Waals surface area contributed by atoms with Crippen molar-refractivity contribution in [3.8, 4) is 23.0 Å². The lowest BCUT2D eigenvalue weighted by Crippen LogP contribution is -2.30. The molecule has 0 spiro atoms. The summed E-state index contributed by atoms with van der Waals surface area (Å²) in [5, 5.41) is 0.378. The number of fused-ring (bicyclic) bond motifs is 1. The van der Waals surface area contributed by atoms with Crippen molar-refractivity contribution in [3.63, 3.8) is 0 Å². The lowest BCUT2D eigenvalue weighted by atomic mass is 10.2. The van der Waals surface area contributed by atoms with Crippen LogP contribution in [0.3, 0.4) is 0 Å². The fourth-order valence-electron chi connectivity index (χ4n) is 3.69. The maximum atomic E-state index is 12.9. The van der Waals surface area contributed by atoms with Crippen molar-refractivity contribution in [1.29, 1.82) is 0 Å². The van der Waals surface area contributed by atoms with Gasteiger partial charge in [0.1, 0.15) is 17.3 Å². The molecule has 1 N–H and O–H groups in total. The summed E-state index contributed by atoms with van der Waals surface area (Å²) in [6.07, 6.45) is 3.23. The van der Waals surface area contributed by atoms with Crippen LogP contribution in [0, 0.1) is 0 Å². The number of hydrogen-bond acceptors (Lipinski definition) is 6. The highest BCUT2D eigenvalue weighted by molar-refractivity contribution is 5.91. The third-order valence-corrected chi connectivity index (χ3v) is 5.55. The minimum atomic E-state index is -0.315. The Bertz CT molecular complexity index is 1450. The van der Waals surface area contributed by atoms with E-state index in [1.54, 1.807) is 23.1 Å². The molecule has 1 amide bonds. The molecule has 8 nitrogen and oxygen atoms in total. The van der Waals surface area contributed by atoms with Gasteiger partial charge in [-0.25, -0.2) is 4.98 Å². The van der Waals surface area contributed by atoms with Crippen molar-refractivity contribution < 1.29 is 19.0 Å². The van der Waals surface area contributed by atoms with Crippen LogP contribution in [0.25, 0.3) is 17.0 Å².